The number of aromatic nitrogens is 3. The molecule has 198 valence electrons. The number of nitrogens with one attached hydrogen (secondary N) is 1. The van der Waals surface area contributed by atoms with E-state index in [4.69, 9.17) is 0 Å². The first-order chi connectivity index (χ1) is 17.8. The molecule has 2 aromatic heterocycles. The number of benzene rings is 1. The van der Waals surface area contributed by atoms with Gasteiger partial charge in [-0.3, -0.25) is 9.58 Å². The van der Waals surface area contributed by atoms with Gasteiger partial charge in [-0.05, 0) is 50.8 Å². The zero-order valence-electron chi connectivity index (χ0n) is 22.1. The molecule has 9 heteroatoms. The number of hydrogen-bond acceptors (Lipinski definition) is 7. The molecule has 0 aliphatic carbocycles. The first kappa shape index (κ1) is 26.0. The Morgan fingerprint density at radius 2 is 1.76 bits per heavy atom. The van der Waals surface area contributed by atoms with Crippen LogP contribution in [0.3, 0.4) is 0 Å². The highest BCUT2D eigenvalue weighted by Crippen LogP contribution is 2.27. The van der Waals surface area contributed by atoms with Crippen LogP contribution in [0.5, 0.6) is 0 Å². The number of nitrogens with zero attached hydrogens (tertiary/aromatic N) is 5. The van der Waals surface area contributed by atoms with E-state index >= 15 is 0 Å². The Morgan fingerprint density at radius 3 is 2.41 bits per heavy atom. The van der Waals surface area contributed by atoms with Gasteiger partial charge >= 0.3 is 0 Å². The summed E-state index contributed by atoms with van der Waals surface area (Å²) in [7, 11) is -1.65. The molecule has 37 heavy (non-hydrogen) atoms. The van der Waals surface area contributed by atoms with Crippen molar-refractivity contribution in [2.45, 2.75) is 62.4 Å². The molecule has 2 fully saturated rings. The number of hydrogen-bond donors (Lipinski definition) is 1. The van der Waals surface area contributed by atoms with Crippen LogP contribution >= 0.6 is 0 Å². The molecule has 0 radical (unpaired) electrons. The van der Waals surface area contributed by atoms with Crippen LogP contribution in [0.2, 0.25) is 0 Å². The summed E-state index contributed by atoms with van der Waals surface area (Å²) in [5.41, 5.74) is 3.78. The topological polar surface area (TPSA) is 89.3 Å². The van der Waals surface area contributed by atoms with Crippen molar-refractivity contribution in [3.63, 3.8) is 0 Å². The third kappa shape index (κ3) is 6.12. The second-order valence-electron chi connectivity index (χ2n) is 10.5. The summed E-state index contributed by atoms with van der Waals surface area (Å²) < 4.78 is 27.8. The fraction of sp³-hybridized carbons (Fsp3) is 0.500. The number of aryl methyl sites for hydroxylation is 2. The predicted octanol–water partition coefficient (Wildman–Crippen LogP) is 3.45. The molecule has 0 spiro atoms. The molecule has 2 saturated heterocycles. The van der Waals surface area contributed by atoms with E-state index in [2.05, 4.69) is 55.5 Å². The fourth-order valence-electron chi connectivity index (χ4n) is 5.61. The zero-order chi connectivity index (χ0) is 26.0. The molecule has 5 rings (SSSR count). The Labute approximate surface area is 221 Å². The van der Waals surface area contributed by atoms with Gasteiger partial charge in [0.05, 0.1) is 22.1 Å². The lowest BCUT2D eigenvalue weighted by Gasteiger charge is -2.34. The quantitative estimate of drug-likeness (QED) is 0.453. The number of anilines is 1. The van der Waals surface area contributed by atoms with Crippen molar-refractivity contribution in [2.75, 3.05) is 31.1 Å². The molecular formula is C28H38N6O2S. The summed E-state index contributed by atoms with van der Waals surface area (Å²) in [6.45, 7) is 8.87. The van der Waals surface area contributed by atoms with Crippen molar-refractivity contribution in [3.05, 3.63) is 71.2 Å². The third-order valence-corrected chi connectivity index (χ3v) is 9.51. The molecule has 1 N–H and O–H groups in total. The van der Waals surface area contributed by atoms with Crippen LogP contribution in [-0.4, -0.2) is 62.5 Å². The van der Waals surface area contributed by atoms with E-state index in [1.165, 1.54) is 18.2 Å². The van der Waals surface area contributed by atoms with Gasteiger partial charge in [-0.2, -0.15) is 5.10 Å². The fourth-order valence-corrected chi connectivity index (χ4v) is 7.06. The Balaban J connectivity index is 1.11. The minimum Gasteiger partial charge on any atom is -0.610 e. The van der Waals surface area contributed by atoms with Crippen LogP contribution in [0.15, 0.2) is 53.6 Å². The highest BCUT2D eigenvalue weighted by Gasteiger charge is 2.28. The molecule has 3 aromatic rings. The van der Waals surface area contributed by atoms with Crippen LogP contribution < -0.4 is 10.2 Å². The third-order valence-electron chi connectivity index (χ3n) is 7.88. The average Bonchev–Trinajstić information content (AvgIpc) is 3.43. The van der Waals surface area contributed by atoms with Gasteiger partial charge in [0.25, 0.3) is 0 Å². The van der Waals surface area contributed by atoms with Gasteiger partial charge in [0.15, 0.2) is 4.90 Å². The van der Waals surface area contributed by atoms with Crippen molar-refractivity contribution < 1.29 is 8.76 Å². The molecule has 4 heterocycles. The first-order valence-corrected chi connectivity index (χ1v) is 14.9. The van der Waals surface area contributed by atoms with Gasteiger partial charge < -0.3 is 14.8 Å². The lowest BCUT2D eigenvalue weighted by Crippen LogP contribution is -2.47. The Morgan fingerprint density at radius 1 is 1.03 bits per heavy atom. The molecule has 2 aliphatic rings. The van der Waals surface area contributed by atoms with E-state index in [0.717, 1.165) is 68.3 Å². The maximum absolute atomic E-state index is 13.0. The van der Waals surface area contributed by atoms with E-state index in [1.807, 2.05) is 27.0 Å². The van der Waals surface area contributed by atoms with E-state index in [1.54, 1.807) is 10.7 Å². The van der Waals surface area contributed by atoms with Gasteiger partial charge in [0, 0.05) is 63.1 Å². The van der Waals surface area contributed by atoms with Crippen LogP contribution in [-0.2, 0) is 33.8 Å². The summed E-state index contributed by atoms with van der Waals surface area (Å²) in [6.07, 6.45) is 4.84. The Kier molecular flexibility index (Phi) is 7.76. The molecule has 2 aliphatic heterocycles. The number of rotatable bonds is 8. The van der Waals surface area contributed by atoms with E-state index in [-0.39, 0.29) is 10.6 Å². The minimum absolute atomic E-state index is 0.0550. The summed E-state index contributed by atoms with van der Waals surface area (Å²) in [6, 6.07) is 15.3. The van der Waals surface area contributed by atoms with E-state index in [9.17, 15) is 8.76 Å². The van der Waals surface area contributed by atoms with Gasteiger partial charge in [-0.1, -0.05) is 30.3 Å². The van der Waals surface area contributed by atoms with E-state index in [0.29, 0.717) is 12.1 Å². The SMILES string of the molecule is Cc1nn(C)c(C)c1C[S+](=O)([O-])c1ccc(N2CCC(NC3CCN(Cc4ccccc4)C3)CC2)nc1. The lowest BCUT2D eigenvalue weighted by atomic mass is 10.0. The van der Waals surface area contributed by atoms with Crippen molar-refractivity contribution in [3.8, 4) is 0 Å². The standard InChI is InChI=1S/C28H38N6O2S/c1-21-27(22(2)32(3)31-21)20-37(35,36)26-9-10-28(29-17-26)34-15-12-24(13-16-34)30-25-11-14-33(19-25)18-23-7-5-4-6-8-23/h4-10,17,24-25,30H,11-16,18-20H2,1-3H3. The van der Waals surface area contributed by atoms with Gasteiger partial charge in [-0.25, -0.2) is 4.98 Å². The van der Waals surface area contributed by atoms with Crippen LogP contribution in [0.25, 0.3) is 0 Å². The average molecular weight is 523 g/mol. The van der Waals surface area contributed by atoms with Crippen LogP contribution in [0.4, 0.5) is 5.82 Å². The Bertz CT molecular complexity index is 1240. The van der Waals surface area contributed by atoms with Crippen molar-refractivity contribution >= 4 is 16.0 Å². The van der Waals surface area contributed by atoms with Gasteiger partial charge in [0.2, 0.25) is 0 Å². The van der Waals surface area contributed by atoms with Crippen LogP contribution in [0, 0.1) is 13.8 Å². The van der Waals surface area contributed by atoms with Crippen molar-refractivity contribution in [1.82, 2.24) is 25.0 Å². The molecule has 8 nitrogen and oxygen atoms in total. The highest BCUT2D eigenvalue weighted by atomic mass is 32.3. The second kappa shape index (κ2) is 11.0. The Hall–Kier alpha value is -2.59. The smallest absolute Gasteiger partial charge is 0.174 e. The number of pyridine rings is 1. The summed E-state index contributed by atoms with van der Waals surface area (Å²) in [4.78, 5) is 9.60. The van der Waals surface area contributed by atoms with Crippen molar-refractivity contribution in [2.24, 2.45) is 7.05 Å². The van der Waals surface area contributed by atoms with E-state index < -0.39 is 10.2 Å². The molecule has 0 amide bonds. The largest absolute Gasteiger partial charge is 0.610 e. The monoisotopic (exact) mass is 522 g/mol. The molecule has 2 unspecified atom stereocenters. The normalized spacial score (nSPS) is 20.9. The minimum atomic E-state index is -3.49. The summed E-state index contributed by atoms with van der Waals surface area (Å²) >= 11 is 0. The first-order valence-electron chi connectivity index (χ1n) is 13.2. The molecule has 1 aromatic carbocycles. The number of piperidine rings is 1. The zero-order valence-corrected chi connectivity index (χ0v) is 22.9. The van der Waals surface area contributed by atoms with Crippen LogP contribution in [0.1, 0.15) is 41.8 Å². The number of likely N-dealkylation sites (tertiary alicyclic amines) is 1. The van der Waals surface area contributed by atoms with Gasteiger partial charge in [-0.15, -0.1) is 4.21 Å². The lowest BCUT2D eigenvalue weighted by molar-refractivity contribution is 0.306. The molecule has 2 atom stereocenters. The predicted molar refractivity (Wildman–Crippen MR) is 146 cm³/mol. The summed E-state index contributed by atoms with van der Waals surface area (Å²) in [5.74, 6) is 0.793. The molecule has 0 bridgehead atoms. The van der Waals surface area contributed by atoms with Gasteiger partial charge in [0.1, 0.15) is 11.6 Å². The number of sulfone groups is 1. The highest BCUT2D eigenvalue weighted by molar-refractivity contribution is 7.96. The second-order valence-corrected chi connectivity index (χ2v) is 12.5. The van der Waals surface area contributed by atoms with Crippen molar-refractivity contribution in [1.29, 1.82) is 0 Å². The maximum Gasteiger partial charge on any atom is 0.174 e. The molecular weight excluding hydrogens is 484 g/mol. The molecule has 0 saturated carbocycles. The maximum atomic E-state index is 13.0. The summed E-state index contributed by atoms with van der Waals surface area (Å²) in [5, 5.41) is 8.24.